The molecule has 0 bridgehead atoms. The number of hydrogen-bond acceptors (Lipinski definition) is 3. The molecule has 3 atom stereocenters. The van der Waals surface area contributed by atoms with E-state index in [1.807, 2.05) is 6.07 Å². The van der Waals surface area contributed by atoms with Crippen LogP contribution in [0.25, 0.3) is 0 Å². The van der Waals surface area contributed by atoms with Gasteiger partial charge in [0, 0.05) is 19.1 Å². The fraction of sp³-hybridized carbons (Fsp3) is 0.632. The summed E-state index contributed by atoms with van der Waals surface area (Å²) in [7, 11) is 0. The van der Waals surface area contributed by atoms with Crippen LogP contribution in [0, 0.1) is 5.92 Å². The van der Waals surface area contributed by atoms with Crippen molar-refractivity contribution in [3.63, 3.8) is 0 Å². The van der Waals surface area contributed by atoms with E-state index in [1.54, 1.807) is 0 Å². The van der Waals surface area contributed by atoms with Gasteiger partial charge in [-0.3, -0.25) is 9.69 Å². The fourth-order valence-electron chi connectivity index (χ4n) is 3.76. The highest BCUT2D eigenvalue weighted by molar-refractivity contribution is 5.82. The van der Waals surface area contributed by atoms with Gasteiger partial charge in [0.1, 0.15) is 0 Å². The van der Waals surface area contributed by atoms with Gasteiger partial charge in [-0.25, -0.2) is 0 Å². The molecule has 3 unspecified atom stereocenters. The third-order valence-corrected chi connectivity index (χ3v) is 5.30. The highest BCUT2D eigenvalue weighted by atomic mass is 16.2. The lowest BCUT2D eigenvalue weighted by molar-refractivity contribution is -0.129. The Balaban J connectivity index is 1.62. The highest BCUT2D eigenvalue weighted by Gasteiger charge is 2.31. The highest BCUT2D eigenvalue weighted by Crippen LogP contribution is 2.21. The first kappa shape index (κ1) is 16.5. The molecule has 2 heterocycles. The number of rotatable bonds is 4. The summed E-state index contributed by atoms with van der Waals surface area (Å²) in [6.45, 7) is 6.10. The molecule has 1 aromatic carbocycles. The summed E-state index contributed by atoms with van der Waals surface area (Å²) in [5.41, 5.74) is 1.29. The number of nitrogens with one attached hydrogen (secondary N) is 2. The number of carbonyl (C=O) groups is 1. The maximum atomic E-state index is 12.8. The van der Waals surface area contributed by atoms with Gasteiger partial charge in [0.05, 0.1) is 6.04 Å². The quantitative estimate of drug-likeness (QED) is 0.895. The van der Waals surface area contributed by atoms with Crippen LogP contribution >= 0.6 is 0 Å². The summed E-state index contributed by atoms with van der Waals surface area (Å²) in [4.78, 5) is 15.2. The van der Waals surface area contributed by atoms with E-state index in [2.05, 4.69) is 46.7 Å². The van der Waals surface area contributed by atoms with Gasteiger partial charge in [0.25, 0.3) is 0 Å². The molecule has 3 rings (SSSR count). The summed E-state index contributed by atoms with van der Waals surface area (Å²) in [5.74, 6) is 0.785. The smallest absolute Gasteiger partial charge is 0.237 e. The van der Waals surface area contributed by atoms with E-state index in [0.717, 1.165) is 45.4 Å². The molecule has 1 aromatic rings. The fourth-order valence-corrected chi connectivity index (χ4v) is 3.76. The van der Waals surface area contributed by atoms with Crippen molar-refractivity contribution >= 4 is 5.91 Å². The van der Waals surface area contributed by atoms with Crippen LogP contribution in [-0.4, -0.2) is 42.5 Å². The Bertz CT molecular complexity index is 505. The molecule has 0 radical (unpaired) electrons. The van der Waals surface area contributed by atoms with Gasteiger partial charge in [-0.1, -0.05) is 43.7 Å². The molecule has 2 N–H and O–H groups in total. The van der Waals surface area contributed by atoms with E-state index in [9.17, 15) is 4.79 Å². The van der Waals surface area contributed by atoms with Gasteiger partial charge in [-0.15, -0.1) is 0 Å². The SMILES string of the molecule is CC1CCNCC1NC(=O)C1CCCCN1Cc1ccccc1. The van der Waals surface area contributed by atoms with E-state index >= 15 is 0 Å². The Kier molecular flexibility index (Phi) is 5.68. The number of nitrogens with zero attached hydrogens (tertiary/aromatic N) is 1. The third kappa shape index (κ3) is 4.33. The number of amides is 1. The third-order valence-electron chi connectivity index (χ3n) is 5.30. The topological polar surface area (TPSA) is 44.4 Å². The lowest BCUT2D eigenvalue weighted by Gasteiger charge is -2.37. The Morgan fingerprint density at radius 2 is 2.09 bits per heavy atom. The predicted molar refractivity (Wildman–Crippen MR) is 93.1 cm³/mol. The first-order valence-electron chi connectivity index (χ1n) is 9.03. The van der Waals surface area contributed by atoms with Crippen LogP contribution in [0.3, 0.4) is 0 Å². The second-order valence-corrected chi connectivity index (χ2v) is 7.05. The molecule has 4 nitrogen and oxygen atoms in total. The normalized spacial score (nSPS) is 29.2. The number of likely N-dealkylation sites (tertiary alicyclic amines) is 1. The minimum Gasteiger partial charge on any atom is -0.350 e. The molecular weight excluding hydrogens is 286 g/mol. The standard InChI is InChI=1S/C19H29N3O/c1-15-10-11-20-13-17(15)21-19(23)18-9-5-6-12-22(18)14-16-7-3-2-4-8-16/h2-4,7-8,15,17-18,20H,5-6,9-14H2,1H3,(H,21,23). The van der Waals surface area contributed by atoms with Gasteiger partial charge in [-0.05, 0) is 43.8 Å². The Morgan fingerprint density at radius 3 is 2.87 bits per heavy atom. The van der Waals surface area contributed by atoms with Crippen LogP contribution in [0.2, 0.25) is 0 Å². The lowest BCUT2D eigenvalue weighted by Crippen LogP contribution is -2.56. The van der Waals surface area contributed by atoms with E-state index in [1.165, 1.54) is 12.0 Å². The molecule has 4 heteroatoms. The maximum Gasteiger partial charge on any atom is 0.237 e. The van der Waals surface area contributed by atoms with Crippen LogP contribution in [0.1, 0.15) is 38.2 Å². The van der Waals surface area contributed by atoms with Crippen molar-refractivity contribution in [3.8, 4) is 0 Å². The zero-order valence-electron chi connectivity index (χ0n) is 14.1. The monoisotopic (exact) mass is 315 g/mol. The Hall–Kier alpha value is -1.39. The summed E-state index contributed by atoms with van der Waals surface area (Å²) < 4.78 is 0. The van der Waals surface area contributed by atoms with Crippen LogP contribution in [0.4, 0.5) is 0 Å². The van der Waals surface area contributed by atoms with Crippen molar-refractivity contribution < 1.29 is 4.79 Å². The average Bonchev–Trinajstić information content (AvgIpc) is 2.58. The molecule has 2 saturated heterocycles. The molecule has 2 fully saturated rings. The lowest BCUT2D eigenvalue weighted by atomic mass is 9.93. The van der Waals surface area contributed by atoms with Gasteiger partial charge < -0.3 is 10.6 Å². The second kappa shape index (κ2) is 7.93. The molecule has 2 aliphatic heterocycles. The Morgan fingerprint density at radius 1 is 1.26 bits per heavy atom. The van der Waals surface area contributed by atoms with Gasteiger partial charge in [0.15, 0.2) is 0 Å². The summed E-state index contributed by atoms with van der Waals surface area (Å²) in [6.07, 6.45) is 4.47. The first-order chi connectivity index (χ1) is 11.2. The van der Waals surface area contributed by atoms with Crippen LogP contribution in [0.5, 0.6) is 0 Å². The minimum absolute atomic E-state index is 0.0260. The number of piperidine rings is 2. The molecule has 0 aliphatic carbocycles. The van der Waals surface area contributed by atoms with Gasteiger partial charge in [0.2, 0.25) is 5.91 Å². The predicted octanol–water partition coefficient (Wildman–Crippen LogP) is 2.16. The van der Waals surface area contributed by atoms with Crippen LogP contribution < -0.4 is 10.6 Å². The number of hydrogen-bond donors (Lipinski definition) is 2. The van der Waals surface area contributed by atoms with E-state index < -0.39 is 0 Å². The summed E-state index contributed by atoms with van der Waals surface area (Å²) >= 11 is 0. The molecule has 23 heavy (non-hydrogen) atoms. The van der Waals surface area contributed by atoms with Crippen molar-refractivity contribution in [2.75, 3.05) is 19.6 Å². The molecule has 2 aliphatic rings. The van der Waals surface area contributed by atoms with E-state index in [0.29, 0.717) is 5.92 Å². The van der Waals surface area contributed by atoms with Crippen LogP contribution in [-0.2, 0) is 11.3 Å². The second-order valence-electron chi connectivity index (χ2n) is 7.05. The number of benzene rings is 1. The Labute approximate surface area is 139 Å². The van der Waals surface area contributed by atoms with E-state index in [-0.39, 0.29) is 18.0 Å². The van der Waals surface area contributed by atoms with Crippen LogP contribution in [0.15, 0.2) is 30.3 Å². The van der Waals surface area contributed by atoms with Crippen molar-refractivity contribution in [3.05, 3.63) is 35.9 Å². The van der Waals surface area contributed by atoms with Crippen molar-refractivity contribution in [2.24, 2.45) is 5.92 Å². The number of carbonyl (C=O) groups excluding carboxylic acids is 1. The van der Waals surface area contributed by atoms with Crippen molar-refractivity contribution in [1.29, 1.82) is 0 Å². The van der Waals surface area contributed by atoms with Crippen molar-refractivity contribution in [2.45, 2.75) is 51.2 Å². The minimum atomic E-state index is 0.0260. The molecule has 1 amide bonds. The molecular formula is C19H29N3O. The summed E-state index contributed by atoms with van der Waals surface area (Å²) in [6, 6.07) is 10.8. The zero-order chi connectivity index (χ0) is 16.1. The van der Waals surface area contributed by atoms with E-state index in [4.69, 9.17) is 0 Å². The molecule has 0 saturated carbocycles. The average molecular weight is 315 g/mol. The molecule has 0 spiro atoms. The van der Waals surface area contributed by atoms with Gasteiger partial charge >= 0.3 is 0 Å². The zero-order valence-corrected chi connectivity index (χ0v) is 14.1. The molecule has 0 aromatic heterocycles. The summed E-state index contributed by atoms with van der Waals surface area (Å²) in [5, 5.41) is 6.71. The van der Waals surface area contributed by atoms with Crippen molar-refractivity contribution in [1.82, 2.24) is 15.5 Å². The largest absolute Gasteiger partial charge is 0.350 e. The maximum absolute atomic E-state index is 12.8. The van der Waals surface area contributed by atoms with Gasteiger partial charge in [-0.2, -0.15) is 0 Å². The first-order valence-corrected chi connectivity index (χ1v) is 9.03. The molecule has 126 valence electrons.